The molecule has 0 fully saturated rings. The van der Waals surface area contributed by atoms with Gasteiger partial charge in [0.25, 0.3) is 0 Å². The van der Waals surface area contributed by atoms with Crippen LogP contribution in [0.2, 0.25) is 0 Å². The Morgan fingerprint density at radius 3 is 0.959 bits per heavy atom. The van der Waals surface area contributed by atoms with Gasteiger partial charge in [0, 0.05) is 11.8 Å². The first-order valence-electron chi connectivity index (χ1n) is 16.0. The largest absolute Gasteiger partial charge is 2.00 e. The third kappa shape index (κ3) is 9.77. The van der Waals surface area contributed by atoms with Gasteiger partial charge in [-0.05, 0) is 47.7 Å². The number of hydrogen-bond donors (Lipinski definition) is 0. The number of fused-ring (bicyclic) bond motifs is 2. The second-order valence-corrected chi connectivity index (χ2v) is 16.3. The predicted molar refractivity (Wildman–Crippen MR) is 218 cm³/mol. The van der Waals surface area contributed by atoms with E-state index in [2.05, 4.69) is 194 Å². The first-order valence-corrected chi connectivity index (χ1v) is 19.7. The van der Waals surface area contributed by atoms with Gasteiger partial charge in [-0.15, -0.1) is 58.2 Å². The molecular formula is C44H36Cl2P2Zr. The molecule has 0 unspecified atom stereocenters. The second-order valence-electron chi connectivity index (χ2n) is 11.1. The van der Waals surface area contributed by atoms with Crippen LogP contribution in [0.5, 0.6) is 0 Å². The van der Waals surface area contributed by atoms with Gasteiger partial charge < -0.3 is 0 Å². The van der Waals surface area contributed by atoms with Crippen molar-refractivity contribution in [3.63, 3.8) is 0 Å². The van der Waals surface area contributed by atoms with Crippen molar-refractivity contribution in [2.45, 2.75) is 0 Å². The second kappa shape index (κ2) is 19.3. The van der Waals surface area contributed by atoms with Crippen molar-refractivity contribution in [2.24, 2.45) is 0 Å². The normalized spacial score (nSPS) is 10.6. The Kier molecular flexibility index (Phi) is 14.6. The summed E-state index contributed by atoms with van der Waals surface area (Å²) >= 11 is 10.1. The van der Waals surface area contributed by atoms with Gasteiger partial charge >= 0.3 is 26.2 Å². The van der Waals surface area contributed by atoms with Crippen LogP contribution < -0.4 is 31.8 Å². The van der Waals surface area contributed by atoms with Crippen molar-refractivity contribution in [1.82, 2.24) is 0 Å². The number of alkyl halides is 2. The molecule has 0 bridgehead atoms. The molecule has 240 valence electrons. The minimum atomic E-state index is -0.500. The fraction of sp³-hybridized carbons (Fsp3) is 0.0455. The zero-order valence-electron chi connectivity index (χ0n) is 27.0. The summed E-state index contributed by atoms with van der Waals surface area (Å²) in [4.78, 5) is 0. The monoisotopic (exact) mass is 786 g/mol. The van der Waals surface area contributed by atoms with Gasteiger partial charge in [-0.3, -0.25) is 0 Å². The Hall–Kier alpha value is -3.14. The summed E-state index contributed by atoms with van der Waals surface area (Å²) < 4.78 is 0. The van der Waals surface area contributed by atoms with Crippen molar-refractivity contribution >= 4 is 92.4 Å². The van der Waals surface area contributed by atoms with Crippen LogP contribution in [0.25, 0.3) is 21.5 Å². The summed E-state index contributed by atoms with van der Waals surface area (Å²) in [5.41, 5.74) is 0. The van der Waals surface area contributed by atoms with Gasteiger partial charge in [0.05, 0.1) is 0 Å². The maximum atomic E-state index is 5.05. The van der Waals surface area contributed by atoms with Crippen LogP contribution in [0.3, 0.4) is 0 Å². The van der Waals surface area contributed by atoms with E-state index in [1.807, 2.05) is 0 Å². The predicted octanol–water partition coefficient (Wildman–Crippen LogP) is 10.1. The third-order valence-corrected chi connectivity index (χ3v) is 13.3. The average molecular weight is 789 g/mol. The van der Waals surface area contributed by atoms with E-state index in [-0.39, 0.29) is 26.2 Å². The minimum absolute atomic E-state index is 0. The van der Waals surface area contributed by atoms with Crippen molar-refractivity contribution in [3.8, 4) is 0 Å². The molecule has 0 saturated heterocycles. The van der Waals surface area contributed by atoms with E-state index < -0.39 is 15.8 Å². The van der Waals surface area contributed by atoms with Gasteiger partial charge in [-0.2, -0.15) is 35.0 Å². The molecule has 0 spiro atoms. The van der Waals surface area contributed by atoms with Gasteiger partial charge in [0.15, 0.2) is 0 Å². The molecule has 0 aromatic heterocycles. The molecule has 8 aromatic rings. The molecule has 0 atom stereocenters. The number of halogens is 2. The fourth-order valence-corrected chi connectivity index (χ4v) is 10.4. The molecule has 0 radical (unpaired) electrons. The van der Waals surface area contributed by atoms with E-state index in [1.165, 1.54) is 53.4 Å². The van der Waals surface area contributed by atoms with Crippen LogP contribution in [0.1, 0.15) is 0 Å². The number of rotatable bonds is 7. The van der Waals surface area contributed by atoms with E-state index >= 15 is 0 Å². The van der Waals surface area contributed by atoms with E-state index in [9.17, 15) is 0 Å². The molecule has 0 amide bonds. The Morgan fingerprint density at radius 1 is 0.367 bits per heavy atom. The molecule has 0 nitrogen and oxygen atoms in total. The van der Waals surface area contributed by atoms with Crippen molar-refractivity contribution in [2.75, 3.05) is 11.8 Å². The zero-order valence-corrected chi connectivity index (χ0v) is 32.8. The topological polar surface area (TPSA) is 0 Å². The van der Waals surface area contributed by atoms with Gasteiger partial charge in [0.2, 0.25) is 0 Å². The van der Waals surface area contributed by atoms with Crippen LogP contribution in [0.15, 0.2) is 194 Å². The molecule has 0 aliphatic carbocycles. The molecule has 0 saturated carbocycles. The summed E-state index contributed by atoms with van der Waals surface area (Å²) in [5.74, 6) is 1.11. The molecule has 0 N–H and O–H groups in total. The Bertz CT molecular complexity index is 1880. The number of benzene rings is 6. The Balaban J connectivity index is 0.000000169. The molecule has 0 heterocycles. The van der Waals surface area contributed by atoms with Gasteiger partial charge in [-0.25, -0.2) is 0 Å². The molecule has 5 heteroatoms. The number of hydrogen-bond acceptors (Lipinski definition) is 0. The molecule has 8 rings (SSSR count). The van der Waals surface area contributed by atoms with Crippen LogP contribution in [-0.2, 0) is 26.2 Å². The van der Waals surface area contributed by atoms with Crippen molar-refractivity contribution in [3.05, 3.63) is 194 Å². The summed E-state index contributed by atoms with van der Waals surface area (Å²) in [7, 11) is -1.00. The van der Waals surface area contributed by atoms with E-state index in [4.69, 9.17) is 23.2 Å². The molecule has 49 heavy (non-hydrogen) atoms. The standard InChI is InChI=1S/2C21H16P.C2H4Cl2.Zr/c2*1-3-10-19(11-4-1)22(20-12-5-2-6-13-20)21-15-14-17-8-7-9-18(17)16-21;3-1-2-4;/h2*1-16H;1-2H2;/q2*-1;;+2. The Labute approximate surface area is 322 Å². The smallest absolute Gasteiger partial charge is 0.168 e. The summed E-state index contributed by atoms with van der Waals surface area (Å²) in [6.45, 7) is 0. The average Bonchev–Trinajstić information content (AvgIpc) is 3.84. The minimum Gasteiger partial charge on any atom is -0.168 e. The Morgan fingerprint density at radius 2 is 0.673 bits per heavy atom. The molecule has 8 aromatic carbocycles. The maximum absolute atomic E-state index is 5.05. The van der Waals surface area contributed by atoms with Crippen LogP contribution in [0.4, 0.5) is 0 Å². The van der Waals surface area contributed by atoms with Crippen LogP contribution >= 0.6 is 39.0 Å². The fourth-order valence-electron chi connectivity index (χ4n) is 5.71. The molecule has 0 aliphatic rings. The quantitative estimate of drug-likeness (QED) is 0.0858. The van der Waals surface area contributed by atoms with Crippen LogP contribution in [-0.4, -0.2) is 11.8 Å². The van der Waals surface area contributed by atoms with Gasteiger partial charge in [-0.1, -0.05) is 146 Å². The first kappa shape index (κ1) is 37.1. The molecular weight excluding hydrogens is 753 g/mol. The van der Waals surface area contributed by atoms with Crippen molar-refractivity contribution in [1.29, 1.82) is 0 Å². The third-order valence-electron chi connectivity index (χ3n) is 7.89. The summed E-state index contributed by atoms with van der Waals surface area (Å²) in [6, 6.07) is 70.1. The summed E-state index contributed by atoms with van der Waals surface area (Å²) in [6.07, 6.45) is 0. The maximum Gasteiger partial charge on any atom is 2.00 e. The SMILES string of the molecule is ClCCCl.[Zr+2].c1ccc(P(c2ccccc2)c2ccc3[cH-]ccc3c2)cc1.c1ccc(P(c2ccccc2)c2ccc3[cH-]ccc3c2)cc1. The van der Waals surface area contributed by atoms with E-state index in [1.54, 1.807) is 0 Å². The summed E-state index contributed by atoms with van der Waals surface area (Å²) in [5, 5.41) is 13.7. The van der Waals surface area contributed by atoms with Crippen molar-refractivity contribution < 1.29 is 26.2 Å². The van der Waals surface area contributed by atoms with Crippen LogP contribution in [0, 0.1) is 0 Å². The van der Waals surface area contributed by atoms with Gasteiger partial charge in [0.1, 0.15) is 0 Å². The zero-order chi connectivity index (χ0) is 33.0. The first-order chi connectivity index (χ1) is 23.7. The molecule has 0 aliphatic heterocycles. The van der Waals surface area contributed by atoms with E-state index in [0.29, 0.717) is 11.8 Å². The van der Waals surface area contributed by atoms with E-state index in [0.717, 1.165) is 0 Å².